The predicted molar refractivity (Wildman–Crippen MR) is 123 cm³/mol. The van der Waals surface area contributed by atoms with Gasteiger partial charge in [0.15, 0.2) is 0 Å². The molecule has 1 aliphatic heterocycles. The van der Waals surface area contributed by atoms with Crippen LogP contribution in [-0.4, -0.2) is 51.1 Å². The Morgan fingerprint density at radius 3 is 2.50 bits per heavy atom. The van der Waals surface area contributed by atoms with Crippen LogP contribution in [-0.2, 0) is 15.3 Å². The molecule has 0 radical (unpaired) electrons. The van der Waals surface area contributed by atoms with Gasteiger partial charge in [0, 0.05) is 4.88 Å². The van der Waals surface area contributed by atoms with E-state index in [2.05, 4.69) is 9.97 Å². The number of amides is 2. The summed E-state index contributed by atoms with van der Waals surface area (Å²) in [6, 6.07) is 6.61. The van der Waals surface area contributed by atoms with E-state index in [-0.39, 0.29) is 30.5 Å². The Hall–Kier alpha value is -2.98. The molecule has 1 atom stereocenters. The van der Waals surface area contributed by atoms with E-state index in [0.717, 1.165) is 15.3 Å². The molecule has 0 bridgehead atoms. The zero-order chi connectivity index (χ0) is 23.0. The summed E-state index contributed by atoms with van der Waals surface area (Å²) in [6.45, 7) is 5.47. The first-order valence-corrected chi connectivity index (χ1v) is 11.9. The molecule has 0 aliphatic carbocycles. The summed E-state index contributed by atoms with van der Waals surface area (Å²) in [4.78, 5) is 59.5. The van der Waals surface area contributed by atoms with E-state index < -0.39 is 11.2 Å². The highest BCUT2D eigenvalue weighted by molar-refractivity contribution is 7.99. The third kappa shape index (κ3) is 4.07. The van der Waals surface area contributed by atoms with Crippen LogP contribution in [0, 0.1) is 13.8 Å². The first-order chi connectivity index (χ1) is 15.3. The summed E-state index contributed by atoms with van der Waals surface area (Å²) in [5.74, 6) is -0.380. The largest absolute Gasteiger partial charge is 0.463 e. The van der Waals surface area contributed by atoms with Crippen LogP contribution >= 0.6 is 23.1 Å². The first kappa shape index (κ1) is 22.2. The van der Waals surface area contributed by atoms with E-state index in [0.29, 0.717) is 32.9 Å². The molecule has 2 amide bonds. The molecule has 0 saturated carbocycles. The number of nitrogens with one attached hydrogen (secondary N) is 1. The quantitative estimate of drug-likeness (QED) is 0.417. The molecule has 1 N–H and O–H groups in total. The van der Waals surface area contributed by atoms with Crippen molar-refractivity contribution in [3.8, 4) is 0 Å². The van der Waals surface area contributed by atoms with Gasteiger partial charge in [-0.1, -0.05) is 12.1 Å². The summed E-state index contributed by atoms with van der Waals surface area (Å²) in [6.07, 6.45) is 0. The number of aromatic nitrogens is 2. The molecule has 0 spiro atoms. The van der Waals surface area contributed by atoms with Crippen LogP contribution in [0.25, 0.3) is 10.2 Å². The predicted octanol–water partition coefficient (Wildman–Crippen LogP) is 3.06. The van der Waals surface area contributed by atoms with E-state index in [4.69, 9.17) is 4.74 Å². The zero-order valence-electron chi connectivity index (χ0n) is 17.8. The molecule has 1 aliphatic rings. The second-order valence-corrected chi connectivity index (χ2v) is 9.94. The summed E-state index contributed by atoms with van der Waals surface area (Å²) < 4.78 is 5.27. The van der Waals surface area contributed by atoms with Gasteiger partial charge >= 0.3 is 5.97 Å². The molecule has 4 rings (SSSR count). The fourth-order valence-corrected chi connectivity index (χ4v) is 5.23. The number of benzene rings is 1. The first-order valence-electron chi connectivity index (χ1n) is 10.00. The van der Waals surface area contributed by atoms with Gasteiger partial charge in [0.25, 0.3) is 17.4 Å². The highest BCUT2D eigenvalue weighted by atomic mass is 32.2. The summed E-state index contributed by atoms with van der Waals surface area (Å²) >= 11 is 2.76. The molecule has 166 valence electrons. The number of ether oxygens (including phenoxy) is 1. The van der Waals surface area contributed by atoms with Crippen molar-refractivity contribution in [3.05, 3.63) is 62.0 Å². The number of H-pyrrole nitrogens is 1. The van der Waals surface area contributed by atoms with Gasteiger partial charge in [-0.2, -0.15) is 0 Å². The highest BCUT2D eigenvalue weighted by Crippen LogP contribution is 2.27. The average Bonchev–Trinajstić information content (AvgIpc) is 3.20. The normalized spacial score (nSPS) is 14.2. The molecule has 2 aromatic heterocycles. The van der Waals surface area contributed by atoms with E-state index >= 15 is 0 Å². The maximum absolute atomic E-state index is 12.4. The minimum absolute atomic E-state index is 0.00189. The molecule has 1 aromatic carbocycles. The van der Waals surface area contributed by atoms with Crippen LogP contribution in [0.3, 0.4) is 0 Å². The lowest BCUT2D eigenvalue weighted by atomic mass is 10.1. The van der Waals surface area contributed by atoms with Gasteiger partial charge in [0.2, 0.25) is 0 Å². The number of hydrogen-bond donors (Lipinski definition) is 1. The number of thiophene rings is 1. The lowest BCUT2D eigenvalue weighted by molar-refractivity contribution is -0.142. The number of esters is 1. The monoisotopic (exact) mass is 471 g/mol. The van der Waals surface area contributed by atoms with Crippen molar-refractivity contribution in [1.82, 2.24) is 14.9 Å². The Balaban J connectivity index is 1.30. The van der Waals surface area contributed by atoms with Gasteiger partial charge in [0.1, 0.15) is 22.5 Å². The maximum Gasteiger partial charge on any atom is 0.318 e. The number of imide groups is 1. The maximum atomic E-state index is 12.4. The average molecular weight is 472 g/mol. The zero-order valence-corrected chi connectivity index (χ0v) is 19.4. The van der Waals surface area contributed by atoms with Gasteiger partial charge in [-0.3, -0.25) is 24.1 Å². The molecular formula is C22H21N3O5S2. The summed E-state index contributed by atoms with van der Waals surface area (Å²) in [5, 5.41) is 0.104. The molecule has 10 heteroatoms. The fourth-order valence-electron chi connectivity index (χ4n) is 3.44. The molecule has 3 aromatic rings. The topological polar surface area (TPSA) is 109 Å². The summed E-state index contributed by atoms with van der Waals surface area (Å²) in [7, 11) is 0. The van der Waals surface area contributed by atoms with Crippen LogP contribution in [0.5, 0.6) is 0 Å². The number of rotatable bonds is 7. The van der Waals surface area contributed by atoms with Gasteiger partial charge in [0.05, 0.1) is 28.8 Å². The molecular weight excluding hydrogens is 450 g/mol. The minimum Gasteiger partial charge on any atom is -0.463 e. The van der Waals surface area contributed by atoms with Crippen LogP contribution in [0.2, 0.25) is 0 Å². The molecule has 0 fully saturated rings. The third-order valence-corrected chi connectivity index (χ3v) is 7.56. The van der Waals surface area contributed by atoms with Crippen molar-refractivity contribution < 1.29 is 19.1 Å². The number of aromatic amines is 1. The van der Waals surface area contributed by atoms with Gasteiger partial charge in [-0.25, -0.2) is 4.98 Å². The number of nitrogens with zero attached hydrogens (tertiary/aromatic N) is 2. The number of fused-ring (bicyclic) bond motifs is 2. The number of aryl methyl sites for hydroxylation is 2. The molecule has 0 unspecified atom stereocenters. The highest BCUT2D eigenvalue weighted by Gasteiger charge is 2.35. The SMILES string of the molecule is Cc1sc2nc(CS[C@@H](C)C(=O)OCCN3C(=O)c4ccccc4C3=O)[nH]c(=O)c2c1C. The Labute approximate surface area is 192 Å². The lowest BCUT2D eigenvalue weighted by Gasteiger charge is -2.15. The van der Waals surface area contributed by atoms with Crippen LogP contribution in [0.15, 0.2) is 29.1 Å². The van der Waals surface area contributed by atoms with E-state index in [1.54, 1.807) is 31.2 Å². The molecule has 8 nitrogen and oxygen atoms in total. The number of carbonyl (C=O) groups excluding carboxylic acids is 3. The second-order valence-electron chi connectivity index (χ2n) is 7.40. The van der Waals surface area contributed by atoms with Crippen molar-refractivity contribution in [3.63, 3.8) is 0 Å². The van der Waals surface area contributed by atoms with Crippen molar-refractivity contribution in [2.45, 2.75) is 31.8 Å². The molecule has 3 heterocycles. The van der Waals surface area contributed by atoms with Crippen molar-refractivity contribution in [1.29, 1.82) is 0 Å². The van der Waals surface area contributed by atoms with E-state index in [1.807, 2.05) is 13.8 Å². The lowest BCUT2D eigenvalue weighted by Crippen LogP contribution is -2.34. The fraction of sp³-hybridized carbons (Fsp3) is 0.318. The minimum atomic E-state index is -0.509. The van der Waals surface area contributed by atoms with Crippen molar-refractivity contribution >= 4 is 51.1 Å². The van der Waals surface area contributed by atoms with Gasteiger partial charge < -0.3 is 9.72 Å². The number of carbonyl (C=O) groups is 3. The van der Waals surface area contributed by atoms with Crippen molar-refractivity contribution in [2.24, 2.45) is 0 Å². The standard InChI is InChI=1S/C22H21N3O5S2/c1-11-12(2)32-19-17(11)18(26)23-16(24-19)10-31-13(3)22(29)30-9-8-25-20(27)14-6-4-5-7-15(14)21(25)28/h4-7,13H,8-10H2,1-3H3,(H,23,24,26)/t13-/m0/s1. The van der Waals surface area contributed by atoms with E-state index in [1.165, 1.54) is 23.1 Å². The van der Waals surface area contributed by atoms with Crippen molar-refractivity contribution in [2.75, 3.05) is 13.2 Å². The van der Waals surface area contributed by atoms with Gasteiger partial charge in [-0.05, 0) is 38.5 Å². The Bertz CT molecular complexity index is 1260. The number of thioether (sulfide) groups is 1. The van der Waals surface area contributed by atoms with E-state index in [9.17, 15) is 19.2 Å². The van der Waals surface area contributed by atoms with Crippen LogP contribution < -0.4 is 5.56 Å². The Kier molecular flexibility index (Phi) is 6.16. The van der Waals surface area contributed by atoms with Gasteiger partial charge in [-0.15, -0.1) is 23.1 Å². The number of hydrogen-bond acceptors (Lipinski definition) is 8. The Morgan fingerprint density at radius 1 is 1.19 bits per heavy atom. The second kappa shape index (κ2) is 8.87. The third-order valence-electron chi connectivity index (χ3n) is 5.33. The molecule has 0 saturated heterocycles. The molecule has 32 heavy (non-hydrogen) atoms. The Morgan fingerprint density at radius 2 is 1.84 bits per heavy atom. The van der Waals surface area contributed by atoms with Crippen LogP contribution in [0.1, 0.15) is 43.9 Å². The smallest absolute Gasteiger partial charge is 0.318 e. The van der Waals surface area contributed by atoms with Crippen LogP contribution in [0.4, 0.5) is 0 Å². The summed E-state index contributed by atoms with van der Waals surface area (Å²) in [5.41, 5.74) is 1.49.